The molecule has 5 nitrogen and oxygen atoms in total. The fourth-order valence-corrected chi connectivity index (χ4v) is 2.02. The Balaban J connectivity index is 2.20. The van der Waals surface area contributed by atoms with Crippen molar-refractivity contribution < 1.29 is 9.53 Å². The van der Waals surface area contributed by atoms with Crippen LogP contribution in [0.1, 0.15) is 22.8 Å². The number of carbonyl (C=O) groups is 1. The van der Waals surface area contributed by atoms with Crippen LogP contribution in [0, 0.1) is 0 Å². The number of carbonyl (C=O) groups excluding carboxylic acids is 1. The van der Waals surface area contributed by atoms with Crippen molar-refractivity contribution in [3.8, 4) is 0 Å². The third kappa shape index (κ3) is 3.72. The zero-order valence-electron chi connectivity index (χ0n) is 12.2. The summed E-state index contributed by atoms with van der Waals surface area (Å²) in [4.78, 5) is 17.9. The maximum absolute atomic E-state index is 11.9. The van der Waals surface area contributed by atoms with Crippen molar-refractivity contribution in [1.82, 2.24) is 4.98 Å². The predicted octanol–water partition coefficient (Wildman–Crippen LogP) is 2.48. The standard InChI is InChI=1S/C16H19N3O2/c1-3-21-16(20)14-10-13(4-5-15(14)17)19(2)11-12-6-8-18-9-7-12/h4-10H,3,11,17H2,1-2H3. The van der Waals surface area contributed by atoms with Gasteiger partial charge in [-0.2, -0.15) is 0 Å². The normalized spacial score (nSPS) is 10.2. The Labute approximate surface area is 124 Å². The van der Waals surface area contributed by atoms with Crippen molar-refractivity contribution in [2.45, 2.75) is 13.5 Å². The average molecular weight is 285 g/mol. The second-order valence-electron chi connectivity index (χ2n) is 4.70. The molecule has 1 heterocycles. The van der Waals surface area contributed by atoms with Crippen LogP contribution in [0.4, 0.5) is 11.4 Å². The van der Waals surface area contributed by atoms with E-state index in [1.54, 1.807) is 31.5 Å². The first-order chi connectivity index (χ1) is 10.1. The molecule has 1 aromatic carbocycles. The van der Waals surface area contributed by atoms with E-state index < -0.39 is 5.97 Å². The van der Waals surface area contributed by atoms with Crippen LogP contribution in [0.15, 0.2) is 42.7 Å². The molecule has 5 heteroatoms. The summed E-state index contributed by atoms with van der Waals surface area (Å²) in [5.74, 6) is -0.394. The summed E-state index contributed by atoms with van der Waals surface area (Å²) in [6, 6.07) is 9.29. The zero-order chi connectivity index (χ0) is 15.2. The number of hydrogen-bond acceptors (Lipinski definition) is 5. The molecule has 2 rings (SSSR count). The molecule has 1 aromatic heterocycles. The van der Waals surface area contributed by atoms with Crippen molar-refractivity contribution in [3.05, 3.63) is 53.9 Å². The second-order valence-corrected chi connectivity index (χ2v) is 4.70. The molecule has 21 heavy (non-hydrogen) atoms. The first kappa shape index (κ1) is 14.8. The van der Waals surface area contributed by atoms with E-state index in [1.807, 2.05) is 30.1 Å². The van der Waals surface area contributed by atoms with Gasteiger partial charge in [-0.05, 0) is 42.8 Å². The van der Waals surface area contributed by atoms with Gasteiger partial charge in [0.2, 0.25) is 0 Å². The number of benzene rings is 1. The van der Waals surface area contributed by atoms with Crippen LogP contribution in [0.3, 0.4) is 0 Å². The number of rotatable bonds is 5. The molecule has 0 bridgehead atoms. The Morgan fingerprint density at radius 2 is 2.00 bits per heavy atom. The maximum Gasteiger partial charge on any atom is 0.340 e. The van der Waals surface area contributed by atoms with Gasteiger partial charge in [0.1, 0.15) is 0 Å². The van der Waals surface area contributed by atoms with E-state index in [2.05, 4.69) is 4.98 Å². The molecule has 0 saturated heterocycles. The predicted molar refractivity (Wildman–Crippen MR) is 83.2 cm³/mol. The van der Waals surface area contributed by atoms with Gasteiger partial charge in [0, 0.05) is 37.4 Å². The maximum atomic E-state index is 11.9. The van der Waals surface area contributed by atoms with E-state index in [0.29, 0.717) is 24.4 Å². The molecule has 0 unspecified atom stereocenters. The summed E-state index contributed by atoms with van der Waals surface area (Å²) in [5, 5.41) is 0. The topological polar surface area (TPSA) is 68.5 Å². The summed E-state index contributed by atoms with van der Waals surface area (Å²) < 4.78 is 5.02. The van der Waals surface area contributed by atoms with Crippen molar-refractivity contribution in [3.63, 3.8) is 0 Å². The Morgan fingerprint density at radius 1 is 1.29 bits per heavy atom. The molecular weight excluding hydrogens is 266 g/mol. The summed E-state index contributed by atoms with van der Waals surface area (Å²) in [7, 11) is 1.96. The number of esters is 1. The highest BCUT2D eigenvalue weighted by Crippen LogP contribution is 2.22. The number of nitrogens with two attached hydrogens (primary N) is 1. The second kappa shape index (κ2) is 6.74. The largest absolute Gasteiger partial charge is 0.462 e. The molecule has 0 aliphatic heterocycles. The monoisotopic (exact) mass is 285 g/mol. The number of nitrogens with zero attached hydrogens (tertiary/aromatic N) is 2. The first-order valence-corrected chi connectivity index (χ1v) is 6.78. The van der Waals surface area contributed by atoms with E-state index in [4.69, 9.17) is 10.5 Å². The van der Waals surface area contributed by atoms with Gasteiger partial charge in [-0.15, -0.1) is 0 Å². The molecular formula is C16H19N3O2. The molecule has 2 aromatic rings. The minimum absolute atomic E-state index is 0.329. The Morgan fingerprint density at radius 3 is 2.67 bits per heavy atom. The van der Waals surface area contributed by atoms with Crippen LogP contribution in [0.25, 0.3) is 0 Å². The van der Waals surface area contributed by atoms with Gasteiger partial charge in [-0.25, -0.2) is 4.79 Å². The van der Waals surface area contributed by atoms with Crippen molar-refractivity contribution >= 4 is 17.3 Å². The lowest BCUT2D eigenvalue weighted by Gasteiger charge is -2.20. The van der Waals surface area contributed by atoms with Gasteiger partial charge in [-0.3, -0.25) is 4.98 Å². The van der Waals surface area contributed by atoms with Crippen molar-refractivity contribution in [2.75, 3.05) is 24.3 Å². The Kier molecular flexibility index (Phi) is 4.77. The van der Waals surface area contributed by atoms with Gasteiger partial charge in [0.05, 0.1) is 12.2 Å². The van der Waals surface area contributed by atoms with Crippen LogP contribution in [0.2, 0.25) is 0 Å². The third-order valence-electron chi connectivity index (χ3n) is 3.14. The van der Waals surface area contributed by atoms with Gasteiger partial charge >= 0.3 is 5.97 Å². The number of nitrogen functional groups attached to an aromatic ring is 1. The number of pyridine rings is 1. The molecule has 110 valence electrons. The minimum atomic E-state index is -0.394. The number of aromatic nitrogens is 1. The highest BCUT2D eigenvalue weighted by molar-refractivity contribution is 5.96. The summed E-state index contributed by atoms with van der Waals surface area (Å²) in [6.07, 6.45) is 3.52. The molecule has 0 spiro atoms. The Hall–Kier alpha value is -2.56. The molecule has 0 saturated carbocycles. The zero-order valence-corrected chi connectivity index (χ0v) is 12.2. The fraction of sp³-hybridized carbons (Fsp3) is 0.250. The van der Waals surface area contributed by atoms with Gasteiger partial charge < -0.3 is 15.4 Å². The quantitative estimate of drug-likeness (QED) is 0.675. The van der Waals surface area contributed by atoms with E-state index in [0.717, 1.165) is 11.3 Å². The third-order valence-corrected chi connectivity index (χ3v) is 3.14. The number of hydrogen-bond donors (Lipinski definition) is 1. The fourth-order valence-electron chi connectivity index (χ4n) is 2.02. The highest BCUT2D eigenvalue weighted by atomic mass is 16.5. The molecule has 0 fully saturated rings. The first-order valence-electron chi connectivity index (χ1n) is 6.78. The van der Waals surface area contributed by atoms with Crippen LogP contribution in [0.5, 0.6) is 0 Å². The molecule has 0 atom stereocenters. The lowest BCUT2D eigenvalue weighted by atomic mass is 10.1. The SMILES string of the molecule is CCOC(=O)c1cc(N(C)Cc2ccncc2)ccc1N. The van der Waals surface area contributed by atoms with E-state index in [-0.39, 0.29) is 0 Å². The van der Waals surface area contributed by atoms with E-state index >= 15 is 0 Å². The Bertz CT molecular complexity index is 614. The molecule has 0 aliphatic rings. The molecule has 2 N–H and O–H groups in total. The van der Waals surface area contributed by atoms with Gasteiger partial charge in [0.15, 0.2) is 0 Å². The van der Waals surface area contributed by atoms with Crippen LogP contribution in [-0.4, -0.2) is 24.6 Å². The van der Waals surface area contributed by atoms with Crippen LogP contribution in [-0.2, 0) is 11.3 Å². The van der Waals surface area contributed by atoms with Crippen molar-refractivity contribution in [2.24, 2.45) is 0 Å². The van der Waals surface area contributed by atoms with E-state index in [9.17, 15) is 4.79 Å². The molecule has 0 amide bonds. The highest BCUT2D eigenvalue weighted by Gasteiger charge is 2.13. The average Bonchev–Trinajstić information content (AvgIpc) is 2.48. The number of anilines is 2. The summed E-state index contributed by atoms with van der Waals surface area (Å²) >= 11 is 0. The lowest BCUT2D eigenvalue weighted by molar-refractivity contribution is 0.0527. The molecule has 0 aliphatic carbocycles. The van der Waals surface area contributed by atoms with Gasteiger partial charge in [0.25, 0.3) is 0 Å². The molecule has 0 radical (unpaired) electrons. The summed E-state index contributed by atoms with van der Waals surface area (Å²) in [5.41, 5.74) is 8.72. The summed E-state index contributed by atoms with van der Waals surface area (Å²) in [6.45, 7) is 2.82. The lowest BCUT2D eigenvalue weighted by Crippen LogP contribution is -2.17. The smallest absolute Gasteiger partial charge is 0.340 e. The van der Waals surface area contributed by atoms with Crippen LogP contribution >= 0.6 is 0 Å². The minimum Gasteiger partial charge on any atom is -0.462 e. The van der Waals surface area contributed by atoms with Gasteiger partial charge in [-0.1, -0.05) is 0 Å². The number of ether oxygens (including phenoxy) is 1. The van der Waals surface area contributed by atoms with Crippen molar-refractivity contribution in [1.29, 1.82) is 0 Å². The van der Waals surface area contributed by atoms with Crippen LogP contribution < -0.4 is 10.6 Å². The van der Waals surface area contributed by atoms with E-state index in [1.165, 1.54) is 0 Å².